The molecule has 0 aromatic rings. The van der Waals surface area contributed by atoms with Crippen LogP contribution in [0.2, 0.25) is 0 Å². The Bertz CT molecular complexity index is 401. The van der Waals surface area contributed by atoms with Crippen molar-refractivity contribution in [2.45, 2.75) is 96.8 Å². The molecule has 0 radical (unpaired) electrons. The number of nitrogens with one attached hydrogen (secondary N) is 1. The van der Waals surface area contributed by atoms with E-state index >= 15 is 0 Å². The van der Waals surface area contributed by atoms with Crippen molar-refractivity contribution in [1.82, 2.24) is 5.32 Å². The van der Waals surface area contributed by atoms with E-state index in [1.807, 2.05) is 6.08 Å². The average Bonchev–Trinajstić information content (AvgIpc) is 2.70. The van der Waals surface area contributed by atoms with Crippen molar-refractivity contribution >= 4 is 5.97 Å². The van der Waals surface area contributed by atoms with Crippen LogP contribution in [-0.2, 0) is 9.53 Å². The lowest BCUT2D eigenvalue weighted by Gasteiger charge is -2.06. The van der Waals surface area contributed by atoms with Crippen LogP contribution in [0.4, 0.5) is 0 Å². The summed E-state index contributed by atoms with van der Waals surface area (Å²) in [5.74, 6) is -0.0860. The van der Waals surface area contributed by atoms with E-state index < -0.39 is 0 Å². The summed E-state index contributed by atoms with van der Waals surface area (Å²) < 4.78 is 5.26. The lowest BCUT2D eigenvalue weighted by molar-refractivity contribution is -0.143. The first-order valence-corrected chi connectivity index (χ1v) is 11.6. The second-order valence-electron chi connectivity index (χ2n) is 7.38. The quantitative estimate of drug-likeness (QED) is 0.131. The molecule has 3 heteroatoms. The van der Waals surface area contributed by atoms with Crippen LogP contribution < -0.4 is 5.32 Å². The number of allylic oxidation sites excluding steroid dienone is 4. The minimum absolute atomic E-state index is 0.0860. The molecule has 0 spiro atoms. The third-order valence-electron chi connectivity index (χ3n) is 4.62. The first-order chi connectivity index (χ1) is 13.8. The zero-order chi connectivity index (χ0) is 20.5. The van der Waals surface area contributed by atoms with Crippen molar-refractivity contribution in [1.29, 1.82) is 0 Å². The topological polar surface area (TPSA) is 38.3 Å². The number of hydrogen-bond donors (Lipinski definition) is 1. The lowest BCUT2D eigenvalue weighted by atomic mass is 10.1. The van der Waals surface area contributed by atoms with Gasteiger partial charge in [0.1, 0.15) is 0 Å². The van der Waals surface area contributed by atoms with Crippen molar-refractivity contribution in [3.8, 4) is 0 Å². The third kappa shape index (κ3) is 22.7. The van der Waals surface area contributed by atoms with Crippen LogP contribution in [0, 0.1) is 0 Å². The van der Waals surface area contributed by atoms with Crippen LogP contribution in [0.15, 0.2) is 37.0 Å². The molecule has 0 amide bonds. The monoisotopic (exact) mass is 391 g/mol. The predicted octanol–water partition coefficient (Wildman–Crippen LogP) is 6.90. The van der Waals surface area contributed by atoms with Gasteiger partial charge in [-0.25, -0.2) is 0 Å². The van der Waals surface area contributed by atoms with Gasteiger partial charge in [0.15, 0.2) is 0 Å². The largest absolute Gasteiger partial charge is 0.466 e. The van der Waals surface area contributed by atoms with E-state index in [2.05, 4.69) is 43.1 Å². The Morgan fingerprint density at radius 2 is 1.46 bits per heavy atom. The predicted molar refractivity (Wildman–Crippen MR) is 123 cm³/mol. The van der Waals surface area contributed by atoms with Gasteiger partial charge in [0.25, 0.3) is 0 Å². The fraction of sp³-hybridized carbons (Fsp3) is 0.720. The van der Waals surface area contributed by atoms with Crippen molar-refractivity contribution in [2.75, 3.05) is 19.7 Å². The molecule has 0 aliphatic heterocycles. The zero-order valence-electron chi connectivity index (χ0n) is 18.4. The molecule has 0 saturated carbocycles. The minimum atomic E-state index is -0.0860. The maximum atomic E-state index is 11.5. The van der Waals surface area contributed by atoms with Crippen molar-refractivity contribution in [2.24, 2.45) is 0 Å². The summed E-state index contributed by atoms with van der Waals surface area (Å²) in [6.07, 6.45) is 27.2. The highest BCUT2D eigenvalue weighted by Gasteiger charge is 2.01. The van der Waals surface area contributed by atoms with Gasteiger partial charge in [-0.1, -0.05) is 82.2 Å². The SMILES string of the molecule is C=CCCNCCC(=O)OCCCCCCCCCC/C=C\C/C=C\CCC. The van der Waals surface area contributed by atoms with E-state index in [1.54, 1.807) is 0 Å². The van der Waals surface area contributed by atoms with Gasteiger partial charge in [0, 0.05) is 6.54 Å². The summed E-state index contributed by atoms with van der Waals surface area (Å²) in [7, 11) is 0. The maximum Gasteiger partial charge on any atom is 0.307 e. The Kier molecular flexibility index (Phi) is 22.5. The van der Waals surface area contributed by atoms with E-state index in [1.165, 1.54) is 64.2 Å². The second kappa shape index (κ2) is 23.7. The van der Waals surface area contributed by atoms with Gasteiger partial charge in [-0.15, -0.1) is 6.58 Å². The highest BCUT2D eigenvalue weighted by molar-refractivity contribution is 5.69. The van der Waals surface area contributed by atoms with E-state index in [-0.39, 0.29) is 5.97 Å². The first kappa shape index (κ1) is 26.6. The van der Waals surface area contributed by atoms with E-state index in [4.69, 9.17) is 4.74 Å². The first-order valence-electron chi connectivity index (χ1n) is 11.6. The van der Waals surface area contributed by atoms with Crippen LogP contribution in [0.1, 0.15) is 96.8 Å². The fourth-order valence-electron chi connectivity index (χ4n) is 2.88. The second-order valence-corrected chi connectivity index (χ2v) is 7.38. The minimum Gasteiger partial charge on any atom is -0.466 e. The van der Waals surface area contributed by atoms with Gasteiger partial charge >= 0.3 is 5.97 Å². The molecule has 0 heterocycles. The van der Waals surface area contributed by atoms with Gasteiger partial charge in [-0.05, 0) is 45.1 Å². The third-order valence-corrected chi connectivity index (χ3v) is 4.62. The highest BCUT2D eigenvalue weighted by Crippen LogP contribution is 2.10. The van der Waals surface area contributed by atoms with Crippen LogP contribution in [-0.4, -0.2) is 25.7 Å². The normalized spacial score (nSPS) is 11.5. The molecular formula is C25H45NO2. The number of hydrogen-bond acceptors (Lipinski definition) is 3. The summed E-state index contributed by atoms with van der Waals surface area (Å²) in [6.45, 7) is 8.03. The molecule has 3 nitrogen and oxygen atoms in total. The molecule has 0 fully saturated rings. The molecule has 28 heavy (non-hydrogen) atoms. The number of carbonyl (C=O) groups is 1. The van der Waals surface area contributed by atoms with Gasteiger partial charge < -0.3 is 10.1 Å². The van der Waals surface area contributed by atoms with Crippen LogP contribution in [0.25, 0.3) is 0 Å². The van der Waals surface area contributed by atoms with E-state index in [0.717, 1.165) is 25.8 Å². The van der Waals surface area contributed by atoms with Crippen LogP contribution >= 0.6 is 0 Å². The highest BCUT2D eigenvalue weighted by atomic mass is 16.5. The Hall–Kier alpha value is -1.35. The molecule has 0 aromatic carbocycles. The lowest BCUT2D eigenvalue weighted by Crippen LogP contribution is -2.20. The summed E-state index contributed by atoms with van der Waals surface area (Å²) in [4.78, 5) is 11.5. The maximum absolute atomic E-state index is 11.5. The van der Waals surface area contributed by atoms with Crippen molar-refractivity contribution in [3.63, 3.8) is 0 Å². The van der Waals surface area contributed by atoms with E-state index in [9.17, 15) is 4.79 Å². The van der Waals surface area contributed by atoms with Gasteiger partial charge in [-0.3, -0.25) is 4.79 Å². The Morgan fingerprint density at radius 3 is 2.14 bits per heavy atom. The average molecular weight is 392 g/mol. The zero-order valence-corrected chi connectivity index (χ0v) is 18.4. The molecule has 0 atom stereocenters. The van der Waals surface area contributed by atoms with Gasteiger partial charge in [0.2, 0.25) is 0 Å². The molecule has 0 aromatic heterocycles. The number of ether oxygens (including phenoxy) is 1. The Balaban J connectivity index is 3.20. The van der Waals surface area contributed by atoms with Gasteiger partial charge in [0.05, 0.1) is 13.0 Å². The van der Waals surface area contributed by atoms with Crippen LogP contribution in [0.3, 0.4) is 0 Å². The molecular weight excluding hydrogens is 346 g/mol. The molecule has 0 bridgehead atoms. The number of carbonyl (C=O) groups excluding carboxylic acids is 1. The fourth-order valence-corrected chi connectivity index (χ4v) is 2.88. The molecule has 0 aliphatic rings. The number of esters is 1. The smallest absolute Gasteiger partial charge is 0.307 e. The Labute approximate surface area is 174 Å². The molecule has 0 saturated heterocycles. The molecule has 0 rings (SSSR count). The number of unbranched alkanes of at least 4 members (excludes halogenated alkanes) is 9. The summed E-state index contributed by atoms with van der Waals surface area (Å²) >= 11 is 0. The van der Waals surface area contributed by atoms with Crippen LogP contribution in [0.5, 0.6) is 0 Å². The molecule has 0 aliphatic carbocycles. The standard InChI is InChI=1S/C25H45NO2/c1-3-5-7-8-9-10-11-12-13-14-15-16-17-18-19-20-24-28-25(27)21-23-26-22-6-4-2/h4,7-8,10-11,26H,2-3,5-6,9,12-24H2,1H3/b8-7-,11-10-. The van der Waals surface area contributed by atoms with Gasteiger partial charge in [-0.2, -0.15) is 0 Å². The van der Waals surface area contributed by atoms with Crippen molar-refractivity contribution < 1.29 is 9.53 Å². The summed E-state index contributed by atoms with van der Waals surface area (Å²) in [5, 5.41) is 3.20. The van der Waals surface area contributed by atoms with Crippen molar-refractivity contribution in [3.05, 3.63) is 37.0 Å². The molecule has 0 unspecified atom stereocenters. The summed E-state index contributed by atoms with van der Waals surface area (Å²) in [6, 6.07) is 0. The van der Waals surface area contributed by atoms with E-state index in [0.29, 0.717) is 19.6 Å². The Morgan fingerprint density at radius 1 is 0.821 bits per heavy atom. The molecule has 162 valence electrons. The number of rotatable bonds is 21. The molecule has 1 N–H and O–H groups in total. The summed E-state index contributed by atoms with van der Waals surface area (Å²) in [5.41, 5.74) is 0.